The van der Waals surface area contributed by atoms with Gasteiger partial charge in [-0.05, 0) is 42.8 Å². The molecule has 2 aromatic rings. The first-order valence-electron chi connectivity index (χ1n) is 8.10. The molecule has 6 nitrogen and oxygen atoms in total. The molecule has 1 atom stereocenters. The van der Waals surface area contributed by atoms with Gasteiger partial charge in [-0.2, -0.15) is 0 Å². The molecular weight excluding hydrogens is 339 g/mol. The summed E-state index contributed by atoms with van der Waals surface area (Å²) in [5.41, 5.74) is 0.555. The summed E-state index contributed by atoms with van der Waals surface area (Å²) in [4.78, 5) is 30.5. The van der Waals surface area contributed by atoms with E-state index in [9.17, 15) is 19.1 Å². The van der Waals surface area contributed by atoms with Gasteiger partial charge in [-0.1, -0.05) is 6.07 Å². The van der Waals surface area contributed by atoms with Gasteiger partial charge < -0.3 is 15.1 Å². The standard InChI is InChI=1S/C19H17FN2O4/c20-13-7-5-12(6-8-13)17(24)15-16(14-4-1-2-9-21-14)22(10-3-11-23)19(26)18(15)25/h1-2,4-9,16,23-24H,3,10-11H2. The highest BCUT2D eigenvalue weighted by Gasteiger charge is 2.46. The lowest BCUT2D eigenvalue weighted by Crippen LogP contribution is -2.31. The summed E-state index contributed by atoms with van der Waals surface area (Å²) in [5, 5.41) is 19.7. The van der Waals surface area contributed by atoms with E-state index in [-0.39, 0.29) is 36.5 Å². The monoisotopic (exact) mass is 356 g/mol. The number of halogens is 1. The third-order valence-corrected chi connectivity index (χ3v) is 4.18. The van der Waals surface area contributed by atoms with Gasteiger partial charge in [0, 0.05) is 24.9 Å². The molecule has 1 aliphatic rings. The molecule has 2 heterocycles. The lowest BCUT2D eigenvalue weighted by molar-refractivity contribution is -0.140. The van der Waals surface area contributed by atoms with Gasteiger partial charge in [0.15, 0.2) is 0 Å². The van der Waals surface area contributed by atoms with Gasteiger partial charge in [-0.3, -0.25) is 14.6 Å². The zero-order valence-corrected chi connectivity index (χ0v) is 13.8. The number of ketones is 1. The Balaban J connectivity index is 2.14. The molecule has 0 bridgehead atoms. The number of amides is 1. The number of Topliss-reactive ketones (excluding diaryl/α,β-unsaturated/α-hetero) is 1. The number of aliphatic hydroxyl groups excluding tert-OH is 2. The van der Waals surface area contributed by atoms with Crippen LogP contribution in [0, 0.1) is 5.82 Å². The maximum atomic E-state index is 13.1. The number of carbonyl (C=O) groups excluding carboxylic acids is 2. The molecule has 0 spiro atoms. The maximum absolute atomic E-state index is 13.1. The van der Waals surface area contributed by atoms with Crippen LogP contribution in [0.5, 0.6) is 0 Å². The number of rotatable bonds is 5. The van der Waals surface area contributed by atoms with Gasteiger partial charge in [0.25, 0.3) is 11.7 Å². The molecule has 1 aliphatic heterocycles. The molecule has 1 amide bonds. The Labute approximate surface area is 149 Å². The van der Waals surface area contributed by atoms with Crippen LogP contribution in [0.4, 0.5) is 4.39 Å². The van der Waals surface area contributed by atoms with Crippen molar-refractivity contribution < 1.29 is 24.2 Å². The number of nitrogens with zero attached hydrogens (tertiary/aromatic N) is 2. The van der Waals surface area contributed by atoms with Gasteiger partial charge >= 0.3 is 0 Å². The molecule has 0 saturated carbocycles. The average molecular weight is 356 g/mol. The van der Waals surface area contributed by atoms with Crippen molar-refractivity contribution in [1.82, 2.24) is 9.88 Å². The van der Waals surface area contributed by atoms with E-state index >= 15 is 0 Å². The molecule has 26 heavy (non-hydrogen) atoms. The summed E-state index contributed by atoms with van der Waals surface area (Å²) in [6.45, 7) is -0.00157. The number of aromatic nitrogens is 1. The number of hydrogen-bond donors (Lipinski definition) is 2. The second kappa shape index (κ2) is 7.45. The predicted molar refractivity (Wildman–Crippen MR) is 91.3 cm³/mol. The molecular formula is C19H17FN2O4. The first-order chi connectivity index (χ1) is 12.5. The van der Waals surface area contributed by atoms with Crippen molar-refractivity contribution in [1.29, 1.82) is 0 Å². The molecule has 134 valence electrons. The number of pyridine rings is 1. The molecule has 3 rings (SSSR count). The highest BCUT2D eigenvalue weighted by molar-refractivity contribution is 6.46. The predicted octanol–water partition coefficient (Wildman–Crippen LogP) is 2.02. The smallest absolute Gasteiger partial charge is 0.295 e. The summed E-state index contributed by atoms with van der Waals surface area (Å²) in [7, 11) is 0. The van der Waals surface area contributed by atoms with Gasteiger partial charge in [-0.25, -0.2) is 4.39 Å². The molecule has 0 radical (unpaired) electrons. The van der Waals surface area contributed by atoms with Crippen molar-refractivity contribution in [3.05, 3.63) is 71.3 Å². The summed E-state index contributed by atoms with van der Waals surface area (Å²) in [5.74, 6) is -2.46. The minimum Gasteiger partial charge on any atom is -0.507 e. The van der Waals surface area contributed by atoms with E-state index in [1.54, 1.807) is 18.2 Å². The Bertz CT molecular complexity index is 850. The van der Waals surface area contributed by atoms with Crippen LogP contribution in [0.2, 0.25) is 0 Å². The lowest BCUT2D eigenvalue weighted by Gasteiger charge is -2.24. The SMILES string of the molecule is O=C1C(=O)N(CCCO)C(c2ccccn2)C1=C(O)c1ccc(F)cc1. The quantitative estimate of drug-likeness (QED) is 0.486. The topological polar surface area (TPSA) is 90.7 Å². The molecule has 1 aromatic carbocycles. The van der Waals surface area contributed by atoms with E-state index in [0.717, 1.165) is 12.1 Å². The van der Waals surface area contributed by atoms with Crippen molar-refractivity contribution in [2.24, 2.45) is 0 Å². The van der Waals surface area contributed by atoms with Gasteiger partial charge in [-0.15, -0.1) is 0 Å². The van der Waals surface area contributed by atoms with Crippen molar-refractivity contribution in [2.75, 3.05) is 13.2 Å². The molecule has 1 saturated heterocycles. The summed E-state index contributed by atoms with van der Waals surface area (Å²) in [6.07, 6.45) is 1.81. The second-order valence-electron chi connectivity index (χ2n) is 5.83. The Kier molecular flexibility index (Phi) is 5.09. The Morgan fingerprint density at radius 2 is 1.88 bits per heavy atom. The van der Waals surface area contributed by atoms with Gasteiger partial charge in [0.2, 0.25) is 0 Å². The fraction of sp³-hybridized carbons (Fsp3) is 0.211. The van der Waals surface area contributed by atoms with Crippen molar-refractivity contribution in [3.8, 4) is 0 Å². The summed E-state index contributed by atoms with van der Waals surface area (Å²) >= 11 is 0. The Hall–Kier alpha value is -3.06. The van der Waals surface area contributed by atoms with Crippen LogP contribution in [0.25, 0.3) is 5.76 Å². The second-order valence-corrected chi connectivity index (χ2v) is 5.83. The van der Waals surface area contributed by atoms with Crippen LogP contribution in [-0.2, 0) is 9.59 Å². The van der Waals surface area contributed by atoms with Gasteiger partial charge in [0.05, 0.1) is 11.3 Å². The third-order valence-electron chi connectivity index (χ3n) is 4.18. The number of aliphatic hydroxyl groups is 2. The molecule has 1 aromatic heterocycles. The zero-order valence-electron chi connectivity index (χ0n) is 13.8. The highest BCUT2D eigenvalue weighted by atomic mass is 19.1. The number of carbonyl (C=O) groups is 2. The van der Waals surface area contributed by atoms with Crippen LogP contribution in [0.15, 0.2) is 54.2 Å². The van der Waals surface area contributed by atoms with E-state index in [1.165, 1.54) is 23.2 Å². The Morgan fingerprint density at radius 1 is 1.15 bits per heavy atom. The van der Waals surface area contributed by atoms with Crippen LogP contribution >= 0.6 is 0 Å². The minimum absolute atomic E-state index is 0.0988. The van der Waals surface area contributed by atoms with E-state index < -0.39 is 23.5 Å². The number of likely N-dealkylation sites (tertiary alicyclic amines) is 1. The van der Waals surface area contributed by atoms with Crippen molar-refractivity contribution >= 4 is 17.4 Å². The van der Waals surface area contributed by atoms with Crippen LogP contribution in [-0.4, -0.2) is 44.9 Å². The third kappa shape index (κ3) is 3.21. The van der Waals surface area contributed by atoms with Crippen LogP contribution < -0.4 is 0 Å². The molecule has 0 aliphatic carbocycles. The zero-order chi connectivity index (χ0) is 18.7. The molecule has 1 unspecified atom stereocenters. The number of hydrogen-bond acceptors (Lipinski definition) is 5. The molecule has 1 fully saturated rings. The van der Waals surface area contributed by atoms with E-state index in [0.29, 0.717) is 5.69 Å². The largest absolute Gasteiger partial charge is 0.507 e. The summed E-state index contributed by atoms with van der Waals surface area (Å²) < 4.78 is 13.1. The van der Waals surface area contributed by atoms with Crippen molar-refractivity contribution in [3.63, 3.8) is 0 Å². The summed E-state index contributed by atoms with van der Waals surface area (Å²) in [6, 6.07) is 9.19. The molecule has 2 N–H and O–H groups in total. The van der Waals surface area contributed by atoms with Crippen LogP contribution in [0.3, 0.4) is 0 Å². The van der Waals surface area contributed by atoms with E-state index in [2.05, 4.69) is 4.98 Å². The van der Waals surface area contributed by atoms with Gasteiger partial charge in [0.1, 0.15) is 17.6 Å². The maximum Gasteiger partial charge on any atom is 0.295 e. The average Bonchev–Trinajstić information content (AvgIpc) is 2.91. The van der Waals surface area contributed by atoms with Crippen LogP contribution in [0.1, 0.15) is 23.7 Å². The normalized spacial score (nSPS) is 19.2. The minimum atomic E-state index is -0.868. The molecule has 7 heteroatoms. The fourth-order valence-corrected chi connectivity index (χ4v) is 2.96. The number of benzene rings is 1. The first kappa shape index (κ1) is 17.8. The Morgan fingerprint density at radius 3 is 2.50 bits per heavy atom. The highest BCUT2D eigenvalue weighted by Crippen LogP contribution is 2.38. The fourth-order valence-electron chi connectivity index (χ4n) is 2.96. The lowest BCUT2D eigenvalue weighted by atomic mass is 9.98. The van der Waals surface area contributed by atoms with E-state index in [4.69, 9.17) is 5.11 Å². The van der Waals surface area contributed by atoms with Crippen molar-refractivity contribution in [2.45, 2.75) is 12.5 Å². The van der Waals surface area contributed by atoms with E-state index in [1.807, 2.05) is 0 Å². The first-order valence-corrected chi connectivity index (χ1v) is 8.10.